The van der Waals surface area contributed by atoms with E-state index >= 15 is 0 Å². The molecule has 0 saturated carbocycles. The van der Waals surface area contributed by atoms with E-state index in [2.05, 4.69) is 75.6 Å². The van der Waals surface area contributed by atoms with Crippen molar-refractivity contribution < 1.29 is 13.2 Å². The predicted octanol–water partition coefficient (Wildman–Crippen LogP) is 5.35. The van der Waals surface area contributed by atoms with E-state index in [0.29, 0.717) is 16.5 Å². The van der Waals surface area contributed by atoms with Crippen LogP contribution in [-0.4, -0.2) is 36.4 Å². The summed E-state index contributed by atoms with van der Waals surface area (Å²) in [6.45, 7) is 6.30. The lowest BCUT2D eigenvalue weighted by Crippen LogP contribution is -2.29. The van der Waals surface area contributed by atoms with Crippen molar-refractivity contribution in [2.24, 2.45) is 0 Å². The Morgan fingerprint density at radius 1 is 1.00 bits per heavy atom. The molecule has 1 aliphatic rings. The highest BCUT2D eigenvalue weighted by molar-refractivity contribution is 7.92. The van der Waals surface area contributed by atoms with Crippen molar-refractivity contribution in [2.75, 3.05) is 23.0 Å². The van der Waals surface area contributed by atoms with E-state index in [1.54, 1.807) is 18.3 Å². The highest BCUT2D eigenvalue weighted by Crippen LogP contribution is 2.45. The highest BCUT2D eigenvalue weighted by atomic mass is 32.2. The average molecular weight is 562 g/mol. The van der Waals surface area contributed by atoms with Gasteiger partial charge >= 0.3 is 0 Å². The Balaban J connectivity index is 1.66. The van der Waals surface area contributed by atoms with Gasteiger partial charge in [-0.2, -0.15) is 0 Å². The Morgan fingerprint density at radius 3 is 2.36 bits per heavy atom. The van der Waals surface area contributed by atoms with Crippen LogP contribution in [0, 0.1) is 20.8 Å². The van der Waals surface area contributed by atoms with Gasteiger partial charge in [-0.05, 0) is 81.0 Å². The maximum Gasteiger partial charge on any atom is 0.229 e. The van der Waals surface area contributed by atoms with Crippen LogP contribution in [0.2, 0.25) is 0 Å². The lowest BCUT2D eigenvalue weighted by molar-refractivity contribution is 0.417. The predicted molar refractivity (Wildman–Crippen MR) is 159 cm³/mol. The van der Waals surface area contributed by atoms with Gasteiger partial charge < -0.3 is 19.5 Å². The third kappa shape index (κ3) is 5.22. The topological polar surface area (TPSA) is 88.5 Å². The Bertz CT molecular complexity index is 1630. The Hall–Kier alpha value is -3.89. The Morgan fingerprint density at radius 2 is 1.72 bits per heavy atom. The molecule has 2 aromatic carbocycles. The fourth-order valence-electron chi connectivity index (χ4n) is 5.24. The van der Waals surface area contributed by atoms with Crippen LogP contribution in [0.5, 0.6) is 5.75 Å². The molecule has 2 aromatic heterocycles. The maximum atomic E-state index is 11.9. The van der Waals surface area contributed by atoms with Crippen molar-refractivity contribution in [3.05, 3.63) is 101 Å². The molecule has 0 spiro atoms. The number of hydrogen-bond acceptors (Lipinski definition) is 5. The lowest BCUT2D eigenvalue weighted by Gasteiger charge is -2.29. The SMILES string of the molecule is COc1cc(N2C(=S)N[C@H](c3ccccn3)[C@@H]2c2cc(C)n(-c3ccc(C)cc3)c2C)ccc1NS(C)(=O)=O. The molecule has 0 bridgehead atoms. The van der Waals surface area contributed by atoms with Crippen molar-refractivity contribution in [1.29, 1.82) is 0 Å². The summed E-state index contributed by atoms with van der Waals surface area (Å²) in [5.41, 5.74) is 7.60. The number of thiocarbonyl (C=S) groups is 1. The van der Waals surface area contributed by atoms with E-state index in [1.165, 1.54) is 12.7 Å². The van der Waals surface area contributed by atoms with Gasteiger partial charge in [0.05, 0.1) is 36.8 Å². The fraction of sp³-hybridized carbons (Fsp3) is 0.241. The molecule has 4 aromatic rings. The molecule has 1 aliphatic heterocycles. The summed E-state index contributed by atoms with van der Waals surface area (Å²) >= 11 is 5.90. The first-order valence-corrected chi connectivity index (χ1v) is 14.8. The molecule has 1 saturated heterocycles. The first-order chi connectivity index (χ1) is 18.6. The van der Waals surface area contributed by atoms with Crippen LogP contribution in [0.4, 0.5) is 11.4 Å². The van der Waals surface area contributed by atoms with E-state index in [9.17, 15) is 8.42 Å². The summed E-state index contributed by atoms with van der Waals surface area (Å²) in [7, 11) is -1.97. The zero-order chi connectivity index (χ0) is 27.9. The number of anilines is 2. The van der Waals surface area contributed by atoms with Gasteiger partial charge in [0.1, 0.15) is 5.75 Å². The smallest absolute Gasteiger partial charge is 0.229 e. The number of nitrogens with zero attached hydrogens (tertiary/aromatic N) is 3. The number of ether oxygens (including phenoxy) is 1. The zero-order valence-electron chi connectivity index (χ0n) is 22.5. The van der Waals surface area contributed by atoms with Gasteiger partial charge in [0.15, 0.2) is 5.11 Å². The number of sulfonamides is 1. The number of nitrogens with one attached hydrogen (secondary N) is 2. The molecule has 39 heavy (non-hydrogen) atoms. The summed E-state index contributed by atoms with van der Waals surface area (Å²) in [6, 6.07) is 21.4. The summed E-state index contributed by atoms with van der Waals surface area (Å²) < 4.78 is 34.1. The van der Waals surface area contributed by atoms with Crippen LogP contribution < -0.4 is 19.7 Å². The summed E-state index contributed by atoms with van der Waals surface area (Å²) in [5.74, 6) is 0.394. The highest BCUT2D eigenvalue weighted by Gasteiger charge is 2.42. The molecule has 0 radical (unpaired) electrons. The van der Waals surface area contributed by atoms with Crippen LogP contribution in [0.25, 0.3) is 5.69 Å². The quantitative estimate of drug-likeness (QED) is 0.294. The van der Waals surface area contributed by atoms with Crippen molar-refractivity contribution in [1.82, 2.24) is 14.9 Å². The minimum absolute atomic E-state index is 0.217. The molecule has 0 amide bonds. The van der Waals surface area contributed by atoms with Crippen LogP contribution >= 0.6 is 12.2 Å². The number of pyridine rings is 1. The molecule has 202 valence electrons. The van der Waals surface area contributed by atoms with Crippen molar-refractivity contribution in [2.45, 2.75) is 32.9 Å². The minimum atomic E-state index is -3.48. The van der Waals surface area contributed by atoms with Crippen LogP contribution in [0.3, 0.4) is 0 Å². The van der Waals surface area contributed by atoms with Gasteiger partial charge in [-0.3, -0.25) is 9.71 Å². The summed E-state index contributed by atoms with van der Waals surface area (Å²) in [5, 5.41) is 4.04. The van der Waals surface area contributed by atoms with E-state index in [0.717, 1.165) is 40.3 Å². The van der Waals surface area contributed by atoms with Gasteiger partial charge in [-0.25, -0.2) is 8.42 Å². The molecule has 8 nitrogen and oxygen atoms in total. The summed E-state index contributed by atoms with van der Waals surface area (Å²) in [4.78, 5) is 6.72. The van der Waals surface area contributed by atoms with Gasteiger partial charge in [-0.1, -0.05) is 23.8 Å². The largest absolute Gasteiger partial charge is 0.494 e. The standard InChI is InChI=1S/C29H31N5O3S2/c1-18-9-11-21(12-10-18)33-19(2)16-23(20(33)3)28-27(25-8-6-7-15-30-25)31-29(38)34(28)22-13-14-24(26(17-22)37-4)32-39(5,35)36/h6-17,27-28,32H,1-5H3,(H,31,38)/t27-,28+/m1/s1. The molecule has 3 heterocycles. The van der Waals surface area contributed by atoms with Gasteiger partial charge in [-0.15, -0.1) is 0 Å². The normalized spacial score (nSPS) is 17.3. The van der Waals surface area contributed by atoms with Gasteiger partial charge in [0, 0.05) is 35.0 Å². The molecule has 10 heteroatoms. The first-order valence-electron chi connectivity index (χ1n) is 12.5. The molecule has 0 unspecified atom stereocenters. The molecular weight excluding hydrogens is 530 g/mol. The average Bonchev–Trinajstić information content (AvgIpc) is 3.39. The number of benzene rings is 2. The minimum Gasteiger partial charge on any atom is -0.494 e. The van der Waals surface area contributed by atoms with E-state index in [1.807, 2.05) is 24.3 Å². The van der Waals surface area contributed by atoms with Gasteiger partial charge in [0.25, 0.3) is 0 Å². The third-order valence-electron chi connectivity index (χ3n) is 6.94. The number of rotatable bonds is 7. The molecule has 5 rings (SSSR count). The van der Waals surface area contributed by atoms with E-state index < -0.39 is 10.0 Å². The van der Waals surface area contributed by atoms with Crippen molar-refractivity contribution >= 4 is 38.7 Å². The second-order valence-corrected chi connectivity index (χ2v) is 11.9. The lowest BCUT2D eigenvalue weighted by atomic mass is 9.96. The maximum absolute atomic E-state index is 11.9. The van der Waals surface area contributed by atoms with Crippen molar-refractivity contribution in [3.8, 4) is 11.4 Å². The second kappa shape index (κ2) is 10.3. The van der Waals surface area contributed by atoms with Crippen LogP contribution in [-0.2, 0) is 10.0 Å². The second-order valence-electron chi connectivity index (χ2n) is 9.75. The molecule has 1 fully saturated rings. The number of aryl methyl sites for hydroxylation is 2. The van der Waals surface area contributed by atoms with E-state index in [-0.39, 0.29) is 12.1 Å². The zero-order valence-corrected chi connectivity index (χ0v) is 24.1. The third-order valence-corrected chi connectivity index (χ3v) is 7.84. The molecule has 2 atom stereocenters. The van der Waals surface area contributed by atoms with Crippen LogP contribution in [0.15, 0.2) is 72.9 Å². The number of methoxy groups -OCH3 is 1. The number of hydrogen-bond donors (Lipinski definition) is 2. The molecule has 2 N–H and O–H groups in total. The first kappa shape index (κ1) is 26.7. The van der Waals surface area contributed by atoms with Gasteiger partial charge in [0.2, 0.25) is 10.0 Å². The fourth-order valence-corrected chi connectivity index (χ4v) is 6.16. The van der Waals surface area contributed by atoms with E-state index in [4.69, 9.17) is 17.0 Å². The van der Waals surface area contributed by atoms with Crippen molar-refractivity contribution in [3.63, 3.8) is 0 Å². The summed E-state index contributed by atoms with van der Waals surface area (Å²) in [6.07, 6.45) is 2.89. The Labute approximate surface area is 234 Å². The molecular formula is C29H31N5O3S2. The molecule has 0 aliphatic carbocycles. The Kier molecular flexibility index (Phi) is 7.09. The monoisotopic (exact) mass is 561 g/mol. The number of aromatic nitrogens is 2. The van der Waals surface area contributed by atoms with Crippen LogP contribution in [0.1, 0.15) is 40.3 Å².